The number of carbonyl (C=O) groups excluding carboxylic acids is 1. The van der Waals surface area contributed by atoms with Crippen molar-refractivity contribution in [3.05, 3.63) is 107 Å². The maximum absolute atomic E-state index is 14.6. The SMILES string of the molecule is C=C(CN(Cc1nc2ccc(C)cc2[nH]1)c1nc(N2CCNCC2)nc2c(Br)cnn12)C(=O)Nc1cc(Nc2nccc(-c3cn(C)c4ccccc34)n2)c(OC)cc1N(C)CCN(C)C. The average molecular weight is 954 g/mol. The van der Waals surface area contributed by atoms with Crippen molar-refractivity contribution in [2.45, 2.75) is 13.5 Å². The minimum absolute atomic E-state index is 0.0777. The molecule has 8 aromatic rings. The summed E-state index contributed by atoms with van der Waals surface area (Å²) in [6.45, 7) is 11.3. The van der Waals surface area contributed by atoms with Crippen LogP contribution in [0, 0.1) is 6.92 Å². The monoisotopic (exact) mass is 952 g/mol. The number of piperazine rings is 1. The number of aromatic nitrogens is 9. The maximum Gasteiger partial charge on any atom is 0.252 e. The number of nitrogens with one attached hydrogen (secondary N) is 4. The summed E-state index contributed by atoms with van der Waals surface area (Å²) in [7, 11) is 9.68. The Bertz CT molecular complexity index is 3080. The van der Waals surface area contributed by atoms with E-state index in [0.717, 1.165) is 81.6 Å². The lowest BCUT2D eigenvalue weighted by molar-refractivity contribution is -0.112. The first kappa shape index (κ1) is 44.1. The van der Waals surface area contributed by atoms with Crippen LogP contribution in [0.5, 0.6) is 5.75 Å². The number of halogens is 1. The summed E-state index contributed by atoms with van der Waals surface area (Å²) < 4.78 is 10.5. The number of rotatable bonds is 16. The molecular formula is C47H53BrN16O2. The number of aryl methyl sites for hydroxylation is 2. The summed E-state index contributed by atoms with van der Waals surface area (Å²) in [5, 5.41) is 15.8. The number of likely N-dealkylation sites (N-methyl/N-ethyl adjacent to an activating group) is 2. The van der Waals surface area contributed by atoms with Crippen molar-refractivity contribution >= 4 is 84.3 Å². The molecule has 1 saturated heterocycles. The van der Waals surface area contributed by atoms with E-state index in [1.165, 1.54) is 0 Å². The van der Waals surface area contributed by atoms with Gasteiger partial charge in [0.15, 0.2) is 5.65 Å². The molecule has 18 nitrogen and oxygen atoms in total. The van der Waals surface area contributed by atoms with Crippen LogP contribution in [-0.4, -0.2) is 129 Å². The summed E-state index contributed by atoms with van der Waals surface area (Å²) in [6.07, 6.45) is 5.50. The molecule has 0 atom stereocenters. The number of hydrogen-bond donors (Lipinski definition) is 4. The molecule has 66 heavy (non-hydrogen) atoms. The number of imidazole rings is 1. The first-order chi connectivity index (χ1) is 31.9. The first-order valence-corrected chi connectivity index (χ1v) is 22.5. The van der Waals surface area contributed by atoms with E-state index >= 15 is 0 Å². The van der Waals surface area contributed by atoms with Gasteiger partial charge in [0.2, 0.25) is 17.8 Å². The number of fused-ring (bicyclic) bond motifs is 3. The second-order valence-corrected chi connectivity index (χ2v) is 17.6. The number of amides is 1. The van der Waals surface area contributed by atoms with Gasteiger partial charge in [-0.05, 0) is 72.8 Å². The summed E-state index contributed by atoms with van der Waals surface area (Å²) in [6, 6.07) is 20.0. The topological polar surface area (TPSA) is 178 Å². The minimum Gasteiger partial charge on any atom is -0.494 e. The first-order valence-electron chi connectivity index (χ1n) is 21.7. The molecular weight excluding hydrogens is 901 g/mol. The summed E-state index contributed by atoms with van der Waals surface area (Å²) in [5.41, 5.74) is 8.45. The molecule has 19 heteroatoms. The number of methoxy groups -OCH3 is 1. The van der Waals surface area contributed by atoms with Gasteiger partial charge in [-0.15, -0.1) is 0 Å². The molecule has 3 aromatic carbocycles. The highest BCUT2D eigenvalue weighted by Crippen LogP contribution is 2.39. The van der Waals surface area contributed by atoms with Gasteiger partial charge in [-0.3, -0.25) is 4.79 Å². The number of anilines is 6. The van der Waals surface area contributed by atoms with Crippen molar-refractivity contribution in [2.75, 3.05) is 99.4 Å². The Labute approximate surface area is 390 Å². The van der Waals surface area contributed by atoms with Gasteiger partial charge in [-0.1, -0.05) is 30.8 Å². The molecule has 0 radical (unpaired) electrons. The smallest absolute Gasteiger partial charge is 0.252 e. The van der Waals surface area contributed by atoms with E-state index in [1.807, 2.05) is 82.5 Å². The third kappa shape index (κ3) is 9.22. The highest BCUT2D eigenvalue weighted by molar-refractivity contribution is 9.10. The number of para-hydroxylation sites is 1. The molecule has 9 rings (SSSR count). The van der Waals surface area contributed by atoms with Crippen LogP contribution in [0.1, 0.15) is 11.4 Å². The largest absolute Gasteiger partial charge is 0.494 e. The predicted molar refractivity (Wildman–Crippen MR) is 265 cm³/mol. The summed E-state index contributed by atoms with van der Waals surface area (Å²) >= 11 is 3.66. The van der Waals surface area contributed by atoms with E-state index in [2.05, 4.69) is 97.2 Å². The normalized spacial score (nSPS) is 12.9. The zero-order chi connectivity index (χ0) is 46.1. The van der Waals surface area contributed by atoms with E-state index in [9.17, 15) is 4.79 Å². The van der Waals surface area contributed by atoms with Crippen LogP contribution in [0.4, 0.5) is 34.9 Å². The maximum atomic E-state index is 14.6. The van der Waals surface area contributed by atoms with Gasteiger partial charge in [0.05, 0.1) is 64.7 Å². The molecule has 4 N–H and O–H groups in total. The van der Waals surface area contributed by atoms with Crippen LogP contribution in [0.3, 0.4) is 0 Å². The van der Waals surface area contributed by atoms with Crippen LogP contribution in [0.25, 0.3) is 38.8 Å². The Hall–Kier alpha value is -7.09. The number of hydrogen-bond acceptors (Lipinski definition) is 14. The third-order valence-corrected chi connectivity index (χ3v) is 12.2. The van der Waals surface area contributed by atoms with E-state index in [0.29, 0.717) is 53.0 Å². The van der Waals surface area contributed by atoms with Crippen molar-refractivity contribution in [3.8, 4) is 17.0 Å². The van der Waals surface area contributed by atoms with Crippen LogP contribution >= 0.6 is 15.9 Å². The van der Waals surface area contributed by atoms with Crippen molar-refractivity contribution in [1.82, 2.24) is 54.3 Å². The lowest BCUT2D eigenvalue weighted by atomic mass is 10.1. The van der Waals surface area contributed by atoms with E-state index in [1.54, 1.807) is 24.0 Å². The Balaban J connectivity index is 1.05. The van der Waals surface area contributed by atoms with E-state index < -0.39 is 0 Å². The van der Waals surface area contributed by atoms with Gasteiger partial charge in [0, 0.05) is 93.9 Å². The predicted octanol–water partition coefficient (Wildman–Crippen LogP) is 6.38. The molecule has 340 valence electrons. The number of benzene rings is 3. The molecule has 0 aliphatic carbocycles. The third-order valence-electron chi connectivity index (χ3n) is 11.6. The molecule has 0 saturated carbocycles. The standard InChI is InChI=1S/C47H53BrN16O2/c1-29-12-13-35-36(22-29)53-42(52-35)28-63(47-58-46(62-18-16-49-17-19-62)57-43-33(48)25-51-64(43)47)26-30(2)44(65)54-37-23-38(41(66-7)24-40(37)60(5)21-20-59(3)4)56-45-50-15-14-34(55-45)32-27-61(6)39-11-9-8-10-31(32)39/h8-15,22-25,27,49H,2,16-21,26,28H2,1,3-7H3,(H,52,53)(H,54,65)(H,50,55,56). The molecule has 1 aliphatic rings. The van der Waals surface area contributed by atoms with Crippen molar-refractivity contribution in [2.24, 2.45) is 7.05 Å². The van der Waals surface area contributed by atoms with E-state index in [-0.39, 0.29) is 24.6 Å². The second kappa shape index (κ2) is 18.8. The van der Waals surface area contributed by atoms with Gasteiger partial charge in [-0.25, -0.2) is 15.0 Å². The van der Waals surface area contributed by atoms with Crippen LogP contribution in [0.15, 0.2) is 95.9 Å². The van der Waals surface area contributed by atoms with Gasteiger partial charge >= 0.3 is 0 Å². The molecule has 0 unspecified atom stereocenters. The number of nitrogens with zero attached hydrogens (tertiary/aromatic N) is 12. The molecule has 0 bridgehead atoms. The fourth-order valence-electron chi connectivity index (χ4n) is 8.14. The Morgan fingerprint density at radius 2 is 1.80 bits per heavy atom. The highest BCUT2D eigenvalue weighted by Gasteiger charge is 2.26. The van der Waals surface area contributed by atoms with Crippen LogP contribution in [0.2, 0.25) is 0 Å². The van der Waals surface area contributed by atoms with E-state index in [4.69, 9.17) is 24.7 Å². The van der Waals surface area contributed by atoms with Gasteiger partial charge < -0.3 is 49.8 Å². The molecule has 1 aliphatic heterocycles. The number of aromatic amines is 1. The summed E-state index contributed by atoms with van der Waals surface area (Å²) in [5.74, 6) is 2.26. The Kier molecular flexibility index (Phi) is 12.6. The van der Waals surface area contributed by atoms with Gasteiger partial charge in [0.1, 0.15) is 11.6 Å². The van der Waals surface area contributed by atoms with Crippen molar-refractivity contribution in [3.63, 3.8) is 0 Å². The lowest BCUT2D eigenvalue weighted by Crippen LogP contribution is -2.44. The average Bonchev–Trinajstić information content (AvgIpc) is 4.01. The van der Waals surface area contributed by atoms with Crippen LogP contribution in [-0.2, 0) is 18.4 Å². The molecule has 0 spiro atoms. The molecule has 5 aromatic heterocycles. The quantitative estimate of drug-likeness (QED) is 0.0785. The van der Waals surface area contributed by atoms with Crippen LogP contribution < -0.4 is 35.4 Å². The second-order valence-electron chi connectivity index (χ2n) is 16.8. The van der Waals surface area contributed by atoms with Crippen molar-refractivity contribution < 1.29 is 9.53 Å². The summed E-state index contributed by atoms with van der Waals surface area (Å²) in [4.78, 5) is 50.9. The Morgan fingerprint density at radius 3 is 2.61 bits per heavy atom. The number of H-pyrrole nitrogens is 1. The number of carbonyl (C=O) groups is 1. The lowest BCUT2D eigenvalue weighted by Gasteiger charge is -2.29. The zero-order valence-electron chi connectivity index (χ0n) is 37.9. The van der Waals surface area contributed by atoms with Gasteiger partial charge in [-0.2, -0.15) is 19.6 Å². The van der Waals surface area contributed by atoms with Gasteiger partial charge in [0.25, 0.3) is 5.91 Å². The zero-order valence-corrected chi connectivity index (χ0v) is 39.5. The Morgan fingerprint density at radius 1 is 0.985 bits per heavy atom. The highest BCUT2D eigenvalue weighted by atomic mass is 79.9. The molecule has 1 fully saturated rings. The number of ether oxygens (including phenoxy) is 1. The molecule has 1 amide bonds. The molecule has 6 heterocycles. The van der Waals surface area contributed by atoms with Crippen molar-refractivity contribution in [1.29, 1.82) is 0 Å². The minimum atomic E-state index is -0.387. The fourth-order valence-corrected chi connectivity index (χ4v) is 8.48. The fraction of sp³-hybridized carbons (Fsp3) is 0.298.